The minimum Gasteiger partial charge on any atom is -0.461 e. The summed E-state index contributed by atoms with van der Waals surface area (Å²) in [5.41, 5.74) is -0.701. The van der Waals surface area contributed by atoms with Crippen molar-refractivity contribution >= 4 is 5.78 Å². The van der Waals surface area contributed by atoms with Crippen LogP contribution in [0.5, 0.6) is 0 Å². The lowest BCUT2D eigenvalue weighted by Crippen LogP contribution is -2.67. The van der Waals surface area contributed by atoms with Crippen LogP contribution in [0.1, 0.15) is 74.9 Å². The summed E-state index contributed by atoms with van der Waals surface area (Å²) in [7, 11) is 0. The maximum atomic E-state index is 14.4. The van der Waals surface area contributed by atoms with Gasteiger partial charge >= 0.3 is 0 Å². The van der Waals surface area contributed by atoms with E-state index in [0.29, 0.717) is 31.7 Å². The Balaban J connectivity index is 1.29. The van der Waals surface area contributed by atoms with E-state index in [4.69, 9.17) is 4.42 Å². The molecule has 6 aliphatic carbocycles. The second kappa shape index (κ2) is 10.5. The molecule has 1 aromatic carbocycles. The van der Waals surface area contributed by atoms with Crippen LogP contribution in [0.3, 0.4) is 0 Å². The Morgan fingerprint density at radius 3 is 2.45 bits per heavy atom. The molecule has 7 heteroatoms. The Morgan fingerprint density at radius 2 is 1.73 bits per heavy atom. The fourth-order valence-electron chi connectivity index (χ4n) is 10.9. The van der Waals surface area contributed by atoms with E-state index in [-0.39, 0.29) is 41.6 Å². The molecular formula is C37H47NO6. The average Bonchev–Trinajstić information content (AvgIpc) is 3.64. The van der Waals surface area contributed by atoms with Crippen molar-refractivity contribution in [2.75, 3.05) is 19.7 Å². The van der Waals surface area contributed by atoms with E-state index in [0.717, 1.165) is 43.2 Å². The topological polar surface area (TPSA) is 114 Å². The van der Waals surface area contributed by atoms with Crippen molar-refractivity contribution in [1.29, 1.82) is 0 Å². The zero-order valence-electron chi connectivity index (χ0n) is 26.0. The highest BCUT2D eigenvalue weighted by molar-refractivity contribution is 6.08. The summed E-state index contributed by atoms with van der Waals surface area (Å²) in [6.07, 6.45) is 12.5. The van der Waals surface area contributed by atoms with Crippen molar-refractivity contribution in [3.63, 3.8) is 0 Å². The van der Waals surface area contributed by atoms with Gasteiger partial charge in [-0.2, -0.15) is 0 Å². The summed E-state index contributed by atoms with van der Waals surface area (Å²) < 4.78 is 5.68. The van der Waals surface area contributed by atoms with Crippen molar-refractivity contribution < 1.29 is 29.6 Å². The summed E-state index contributed by atoms with van der Waals surface area (Å²) in [5, 5.41) is 43.8. The third-order valence-electron chi connectivity index (χ3n) is 13.1. The van der Waals surface area contributed by atoms with Crippen LogP contribution in [0.2, 0.25) is 0 Å². The first kappa shape index (κ1) is 30.1. The largest absolute Gasteiger partial charge is 0.461 e. The Labute approximate surface area is 260 Å². The van der Waals surface area contributed by atoms with Crippen LogP contribution in [0.25, 0.3) is 0 Å². The lowest BCUT2D eigenvalue weighted by molar-refractivity contribution is -0.177. The maximum absolute atomic E-state index is 14.4. The smallest absolute Gasteiger partial charge is 0.224 e. The van der Waals surface area contributed by atoms with Gasteiger partial charge in [-0.25, -0.2) is 0 Å². The quantitative estimate of drug-likeness (QED) is 0.239. The highest BCUT2D eigenvalue weighted by atomic mass is 16.3. The van der Waals surface area contributed by atoms with Gasteiger partial charge in [0.2, 0.25) is 5.78 Å². The predicted molar refractivity (Wildman–Crippen MR) is 166 cm³/mol. The molecule has 9 unspecified atom stereocenters. The fourth-order valence-corrected chi connectivity index (χ4v) is 10.9. The van der Waals surface area contributed by atoms with Crippen molar-refractivity contribution in [2.24, 2.45) is 33.5 Å². The fraction of sp³-hybridized carbons (Fsp3) is 0.595. The zero-order chi connectivity index (χ0) is 31.0. The number of aliphatic hydroxyl groups excluding tert-OH is 3. The molecule has 2 aromatic rings. The standard InChI is InChI=1S/C37H47NO6/c1-33-13-10-26(40)19-35(33)16-17-37(28(20-35)32(42)29-9-6-18-44-29)30(33)11-14-34(2)31(37)12-15-36(34,43)24-38(22-27(41)23-39)21-25-7-4-3-5-8-25/h3-9,16-18,20,26-27,30-31,39-41,43H,10-15,19,21-24H2,1-2H3. The maximum Gasteiger partial charge on any atom is 0.224 e. The number of furan rings is 1. The number of hydrogen-bond acceptors (Lipinski definition) is 7. The Bertz CT molecular complexity index is 1450. The van der Waals surface area contributed by atoms with Gasteiger partial charge < -0.3 is 24.8 Å². The summed E-state index contributed by atoms with van der Waals surface area (Å²) in [5.74, 6) is 0.501. The third kappa shape index (κ3) is 4.16. The zero-order valence-corrected chi connectivity index (χ0v) is 26.0. The molecule has 2 bridgehead atoms. The van der Waals surface area contributed by atoms with Crippen LogP contribution in [-0.4, -0.2) is 68.6 Å². The van der Waals surface area contributed by atoms with Crippen molar-refractivity contribution in [3.05, 3.63) is 83.9 Å². The molecule has 7 nitrogen and oxygen atoms in total. The molecule has 3 saturated carbocycles. The number of Topliss-reactive ketones (excluding diaryl/α,β-unsaturated/α-hetero) is 1. The average molecular weight is 602 g/mol. The monoisotopic (exact) mass is 601 g/mol. The normalized spacial score (nSPS) is 41.2. The molecule has 1 aromatic heterocycles. The van der Waals surface area contributed by atoms with E-state index >= 15 is 0 Å². The number of rotatable bonds is 9. The van der Waals surface area contributed by atoms with Gasteiger partial charge in [-0.3, -0.25) is 9.69 Å². The molecule has 0 radical (unpaired) electrons. The van der Waals surface area contributed by atoms with Gasteiger partial charge in [0.15, 0.2) is 5.76 Å². The number of benzene rings is 1. The van der Waals surface area contributed by atoms with Crippen LogP contribution < -0.4 is 0 Å². The van der Waals surface area contributed by atoms with E-state index < -0.39 is 28.6 Å². The van der Waals surface area contributed by atoms with E-state index in [1.807, 2.05) is 30.3 Å². The van der Waals surface area contributed by atoms with Gasteiger partial charge in [0, 0.05) is 41.5 Å². The first-order valence-corrected chi connectivity index (χ1v) is 16.5. The Hall–Kier alpha value is -2.55. The summed E-state index contributed by atoms with van der Waals surface area (Å²) in [6, 6.07) is 13.6. The van der Waals surface area contributed by atoms with Crippen LogP contribution >= 0.6 is 0 Å². The molecule has 1 heterocycles. The number of allylic oxidation sites excluding steroid dienone is 4. The van der Waals surface area contributed by atoms with E-state index in [9.17, 15) is 25.2 Å². The van der Waals surface area contributed by atoms with Crippen molar-refractivity contribution in [1.82, 2.24) is 4.90 Å². The molecule has 6 aliphatic rings. The number of fused-ring (bicyclic) bond motifs is 1. The number of hydrogen-bond donors (Lipinski definition) is 4. The van der Waals surface area contributed by atoms with Gasteiger partial charge in [-0.15, -0.1) is 0 Å². The number of nitrogens with zero attached hydrogens (tertiary/aromatic N) is 1. The van der Waals surface area contributed by atoms with Gasteiger partial charge in [-0.05, 0) is 79.9 Å². The minimum atomic E-state index is -1.05. The molecule has 0 aliphatic heterocycles. The molecule has 3 fully saturated rings. The molecular weight excluding hydrogens is 554 g/mol. The summed E-state index contributed by atoms with van der Waals surface area (Å²) >= 11 is 0. The van der Waals surface area contributed by atoms with Crippen molar-refractivity contribution in [3.8, 4) is 0 Å². The highest BCUT2D eigenvalue weighted by Gasteiger charge is 2.74. The summed E-state index contributed by atoms with van der Waals surface area (Å²) in [6.45, 7) is 5.46. The molecule has 2 spiro atoms. The summed E-state index contributed by atoms with van der Waals surface area (Å²) in [4.78, 5) is 16.5. The molecule has 0 amide bonds. The molecule has 236 valence electrons. The number of carbonyl (C=O) groups is 1. The van der Waals surface area contributed by atoms with Crippen LogP contribution in [0.4, 0.5) is 0 Å². The first-order chi connectivity index (χ1) is 21.0. The van der Waals surface area contributed by atoms with Crippen LogP contribution in [0, 0.1) is 33.5 Å². The molecule has 4 N–H and O–H groups in total. The predicted octanol–water partition coefficient (Wildman–Crippen LogP) is 4.91. The molecule has 8 rings (SSSR count). The number of aliphatic hydroxyl groups is 4. The number of carbonyl (C=O) groups excluding carboxylic acids is 1. The Morgan fingerprint density at radius 1 is 1.00 bits per heavy atom. The Kier molecular flexibility index (Phi) is 7.18. The number of ketones is 1. The second-order valence-electron chi connectivity index (χ2n) is 15.1. The van der Waals surface area contributed by atoms with Gasteiger partial charge in [0.1, 0.15) is 0 Å². The minimum absolute atomic E-state index is 0.0310. The molecule has 44 heavy (non-hydrogen) atoms. The SMILES string of the molecule is CC12CCC(O)CC13C=CC1(C(C(=O)c4ccco4)=C3)C2CCC2(C)C1CCC2(O)CN(Cc1ccccc1)CC(O)CO. The lowest BCUT2D eigenvalue weighted by Gasteiger charge is -2.71. The highest BCUT2D eigenvalue weighted by Crippen LogP contribution is 2.78. The molecule has 9 atom stereocenters. The first-order valence-electron chi connectivity index (χ1n) is 16.5. The van der Waals surface area contributed by atoms with Crippen LogP contribution in [-0.2, 0) is 6.54 Å². The van der Waals surface area contributed by atoms with E-state index in [2.05, 4.69) is 37.0 Å². The van der Waals surface area contributed by atoms with E-state index in [1.165, 1.54) is 0 Å². The second-order valence-corrected chi connectivity index (χ2v) is 15.1. The van der Waals surface area contributed by atoms with Crippen molar-refractivity contribution in [2.45, 2.75) is 83.1 Å². The molecule has 0 saturated heterocycles. The van der Waals surface area contributed by atoms with E-state index in [1.54, 1.807) is 18.4 Å². The van der Waals surface area contributed by atoms with Crippen LogP contribution in [0.15, 0.2) is 76.9 Å². The van der Waals surface area contributed by atoms with Gasteiger partial charge in [-0.1, -0.05) is 62.4 Å². The third-order valence-corrected chi connectivity index (χ3v) is 13.1. The van der Waals surface area contributed by atoms with Gasteiger partial charge in [0.25, 0.3) is 0 Å². The van der Waals surface area contributed by atoms with Gasteiger partial charge in [0.05, 0.1) is 30.7 Å². The lowest BCUT2D eigenvalue weighted by atomic mass is 9.32.